The molecule has 0 aliphatic rings. The van der Waals surface area contributed by atoms with Gasteiger partial charge >= 0.3 is 0 Å². The van der Waals surface area contributed by atoms with E-state index in [9.17, 15) is 4.79 Å². The summed E-state index contributed by atoms with van der Waals surface area (Å²) in [5.74, 6) is 0.876. The lowest BCUT2D eigenvalue weighted by Crippen LogP contribution is -2.11. The first kappa shape index (κ1) is 17.6. The van der Waals surface area contributed by atoms with Crippen molar-refractivity contribution in [1.29, 1.82) is 0 Å². The molecular formula is C16H24O5. The van der Waals surface area contributed by atoms with E-state index in [4.69, 9.17) is 18.9 Å². The van der Waals surface area contributed by atoms with E-state index in [1.165, 1.54) is 0 Å². The molecule has 1 aromatic carbocycles. The van der Waals surface area contributed by atoms with Crippen molar-refractivity contribution in [2.24, 2.45) is 5.92 Å². The molecule has 118 valence electrons. The summed E-state index contributed by atoms with van der Waals surface area (Å²) < 4.78 is 20.7. The highest BCUT2D eigenvalue weighted by Gasteiger charge is 2.09. The van der Waals surface area contributed by atoms with E-state index in [0.29, 0.717) is 32.0 Å². The molecule has 0 spiro atoms. The smallest absolute Gasteiger partial charge is 0.165 e. The minimum Gasteiger partial charge on any atom is -0.491 e. The fraction of sp³-hybridized carbons (Fsp3) is 0.562. The predicted molar refractivity (Wildman–Crippen MR) is 79.8 cm³/mol. The molecule has 0 aromatic heterocycles. The number of benzene rings is 1. The Morgan fingerprint density at radius 2 is 1.62 bits per heavy atom. The molecule has 21 heavy (non-hydrogen) atoms. The molecule has 0 fully saturated rings. The third-order valence-electron chi connectivity index (χ3n) is 2.73. The minimum atomic E-state index is 0.00509. The average molecular weight is 296 g/mol. The molecule has 0 saturated carbocycles. The highest BCUT2D eigenvalue weighted by Crippen LogP contribution is 2.15. The molecule has 1 aromatic rings. The third kappa shape index (κ3) is 7.22. The summed E-state index contributed by atoms with van der Waals surface area (Å²) in [5, 5.41) is 0. The third-order valence-corrected chi connectivity index (χ3v) is 2.73. The van der Waals surface area contributed by atoms with Crippen LogP contribution >= 0.6 is 0 Å². The Labute approximate surface area is 126 Å². The molecule has 1 rings (SSSR count). The highest BCUT2D eigenvalue weighted by atomic mass is 16.7. The Hall–Kier alpha value is -1.43. The van der Waals surface area contributed by atoms with E-state index in [1.807, 2.05) is 13.8 Å². The van der Waals surface area contributed by atoms with Crippen molar-refractivity contribution >= 4 is 5.78 Å². The maximum Gasteiger partial charge on any atom is 0.165 e. The van der Waals surface area contributed by atoms with Gasteiger partial charge in [-0.25, -0.2) is 0 Å². The van der Waals surface area contributed by atoms with Gasteiger partial charge in [-0.1, -0.05) is 13.8 Å². The van der Waals surface area contributed by atoms with Crippen molar-refractivity contribution in [1.82, 2.24) is 0 Å². The van der Waals surface area contributed by atoms with Gasteiger partial charge in [0.2, 0.25) is 0 Å². The maximum atomic E-state index is 11.8. The Morgan fingerprint density at radius 3 is 2.24 bits per heavy atom. The monoisotopic (exact) mass is 296 g/mol. The van der Waals surface area contributed by atoms with Gasteiger partial charge in [0.25, 0.3) is 0 Å². The van der Waals surface area contributed by atoms with Gasteiger partial charge in [0.05, 0.1) is 19.8 Å². The van der Waals surface area contributed by atoms with Crippen LogP contribution in [0.1, 0.15) is 24.2 Å². The van der Waals surface area contributed by atoms with Gasteiger partial charge in [-0.15, -0.1) is 0 Å². The van der Waals surface area contributed by atoms with Gasteiger partial charge < -0.3 is 18.9 Å². The zero-order chi connectivity index (χ0) is 15.5. The number of rotatable bonds is 11. The lowest BCUT2D eigenvalue weighted by molar-refractivity contribution is -0.0523. The molecule has 0 bridgehead atoms. The molecular weight excluding hydrogens is 272 g/mol. The molecule has 5 nitrogen and oxygen atoms in total. The van der Waals surface area contributed by atoms with Gasteiger partial charge in [0, 0.05) is 18.6 Å². The first-order valence-corrected chi connectivity index (χ1v) is 7.06. The molecule has 0 aliphatic heterocycles. The van der Waals surface area contributed by atoms with Gasteiger partial charge in [0.15, 0.2) is 5.78 Å². The zero-order valence-corrected chi connectivity index (χ0v) is 13.0. The Balaban J connectivity index is 2.17. The standard InChI is InChI=1S/C16H24O5/c1-13(2)16(17)14-4-6-15(7-5-14)21-11-10-19-8-9-20-12-18-3/h4-7,13H,8-12H2,1-3H3. The minimum absolute atomic E-state index is 0.00509. The van der Waals surface area contributed by atoms with Crippen LogP contribution in [-0.4, -0.2) is 46.1 Å². The molecule has 0 saturated heterocycles. The predicted octanol–water partition coefficient (Wildman–Crippen LogP) is 2.54. The van der Waals surface area contributed by atoms with Gasteiger partial charge in [-0.3, -0.25) is 4.79 Å². The number of hydrogen-bond acceptors (Lipinski definition) is 5. The van der Waals surface area contributed by atoms with E-state index in [1.54, 1.807) is 31.4 Å². The largest absolute Gasteiger partial charge is 0.491 e. The van der Waals surface area contributed by atoms with Crippen molar-refractivity contribution in [3.8, 4) is 5.75 Å². The van der Waals surface area contributed by atoms with Crippen molar-refractivity contribution in [2.75, 3.05) is 40.3 Å². The van der Waals surface area contributed by atoms with Crippen molar-refractivity contribution in [3.63, 3.8) is 0 Å². The number of hydrogen-bond donors (Lipinski definition) is 0. The molecule has 0 heterocycles. The second-order valence-corrected chi connectivity index (χ2v) is 4.82. The topological polar surface area (TPSA) is 54.0 Å². The Bertz CT molecular complexity index is 400. The molecule has 0 atom stereocenters. The molecule has 0 N–H and O–H groups in total. The Kier molecular flexibility index (Phi) is 8.66. The number of carbonyl (C=O) groups is 1. The van der Waals surface area contributed by atoms with E-state index in [-0.39, 0.29) is 18.5 Å². The molecule has 5 heteroatoms. The quantitative estimate of drug-likeness (QED) is 0.357. The summed E-state index contributed by atoms with van der Waals surface area (Å²) >= 11 is 0. The van der Waals surface area contributed by atoms with Gasteiger partial charge in [0.1, 0.15) is 19.1 Å². The number of Topliss-reactive ketones (excluding diaryl/α,β-unsaturated/α-hetero) is 1. The van der Waals surface area contributed by atoms with Crippen LogP contribution in [0.5, 0.6) is 5.75 Å². The Morgan fingerprint density at radius 1 is 1.00 bits per heavy atom. The summed E-state index contributed by atoms with van der Waals surface area (Å²) in [7, 11) is 1.58. The van der Waals surface area contributed by atoms with Crippen LogP contribution in [0.15, 0.2) is 24.3 Å². The van der Waals surface area contributed by atoms with Crippen LogP contribution in [-0.2, 0) is 14.2 Å². The van der Waals surface area contributed by atoms with E-state index < -0.39 is 0 Å². The number of carbonyl (C=O) groups excluding carboxylic acids is 1. The summed E-state index contributed by atoms with van der Waals surface area (Å²) in [6.07, 6.45) is 0. The number of ketones is 1. The molecule has 0 amide bonds. The van der Waals surface area contributed by atoms with Crippen molar-refractivity contribution < 1.29 is 23.7 Å². The molecule has 0 unspecified atom stereocenters. The van der Waals surface area contributed by atoms with Crippen LogP contribution in [0.4, 0.5) is 0 Å². The van der Waals surface area contributed by atoms with Crippen LogP contribution in [0.2, 0.25) is 0 Å². The van der Waals surface area contributed by atoms with Crippen LogP contribution in [0.25, 0.3) is 0 Å². The van der Waals surface area contributed by atoms with Crippen LogP contribution in [0, 0.1) is 5.92 Å². The lowest BCUT2D eigenvalue weighted by Gasteiger charge is -2.09. The van der Waals surface area contributed by atoms with Crippen LogP contribution < -0.4 is 4.74 Å². The normalized spacial score (nSPS) is 10.9. The van der Waals surface area contributed by atoms with Gasteiger partial charge in [-0.2, -0.15) is 0 Å². The number of ether oxygens (including phenoxy) is 4. The number of methoxy groups -OCH3 is 1. The molecule has 0 radical (unpaired) electrons. The summed E-state index contributed by atoms with van der Waals surface area (Å²) in [6, 6.07) is 7.18. The van der Waals surface area contributed by atoms with Crippen molar-refractivity contribution in [2.45, 2.75) is 13.8 Å². The molecule has 0 aliphatic carbocycles. The van der Waals surface area contributed by atoms with E-state index >= 15 is 0 Å². The van der Waals surface area contributed by atoms with Crippen LogP contribution in [0.3, 0.4) is 0 Å². The average Bonchev–Trinajstić information content (AvgIpc) is 2.49. The fourth-order valence-corrected chi connectivity index (χ4v) is 1.63. The van der Waals surface area contributed by atoms with Crippen molar-refractivity contribution in [3.05, 3.63) is 29.8 Å². The maximum absolute atomic E-state index is 11.8. The first-order chi connectivity index (χ1) is 10.1. The van der Waals surface area contributed by atoms with Gasteiger partial charge in [-0.05, 0) is 24.3 Å². The van der Waals surface area contributed by atoms with E-state index in [0.717, 1.165) is 5.75 Å². The first-order valence-electron chi connectivity index (χ1n) is 7.06. The summed E-state index contributed by atoms with van der Waals surface area (Å²) in [5.41, 5.74) is 0.712. The second kappa shape index (κ2) is 10.3. The second-order valence-electron chi connectivity index (χ2n) is 4.82. The summed E-state index contributed by atoms with van der Waals surface area (Å²) in [4.78, 5) is 11.8. The zero-order valence-electron chi connectivity index (χ0n) is 13.0. The highest BCUT2D eigenvalue weighted by molar-refractivity contribution is 5.97. The SMILES string of the molecule is COCOCCOCCOc1ccc(C(=O)C(C)C)cc1. The fourth-order valence-electron chi connectivity index (χ4n) is 1.63. The van der Waals surface area contributed by atoms with E-state index in [2.05, 4.69) is 0 Å². The summed E-state index contributed by atoms with van der Waals surface area (Å²) in [6.45, 7) is 6.02. The lowest BCUT2D eigenvalue weighted by atomic mass is 10.0.